The summed E-state index contributed by atoms with van der Waals surface area (Å²) < 4.78 is 7.62. The van der Waals surface area contributed by atoms with Crippen molar-refractivity contribution in [3.05, 3.63) is 11.6 Å². The van der Waals surface area contributed by atoms with Gasteiger partial charge in [-0.05, 0) is 32.1 Å². The molecule has 1 atom stereocenters. The Kier molecular flexibility index (Phi) is 4.53. The van der Waals surface area contributed by atoms with Gasteiger partial charge in [-0.15, -0.1) is 10.2 Å². The molecule has 1 N–H and O–H groups in total. The summed E-state index contributed by atoms with van der Waals surface area (Å²) in [7, 11) is 1.99. The first kappa shape index (κ1) is 14.5. The monoisotopic (exact) mass is 292 g/mol. The van der Waals surface area contributed by atoms with Crippen molar-refractivity contribution >= 4 is 5.91 Å². The van der Waals surface area contributed by atoms with E-state index in [0.29, 0.717) is 18.9 Å². The lowest BCUT2D eigenvalue weighted by molar-refractivity contribution is -0.125. The minimum Gasteiger partial charge on any atom is -0.378 e. The number of hydrogen-bond acceptors (Lipinski definition) is 4. The molecule has 6 heteroatoms. The van der Waals surface area contributed by atoms with Crippen LogP contribution in [0.25, 0.3) is 0 Å². The van der Waals surface area contributed by atoms with Crippen molar-refractivity contribution in [3.8, 4) is 0 Å². The van der Waals surface area contributed by atoms with Gasteiger partial charge in [-0.2, -0.15) is 0 Å². The maximum Gasteiger partial charge on any atom is 0.222 e. The van der Waals surface area contributed by atoms with Crippen LogP contribution in [0.2, 0.25) is 0 Å². The van der Waals surface area contributed by atoms with Crippen LogP contribution in [-0.4, -0.2) is 33.4 Å². The summed E-state index contributed by atoms with van der Waals surface area (Å²) in [5.74, 6) is 2.48. The number of nitrogens with zero attached hydrogens (tertiary/aromatic N) is 3. The van der Waals surface area contributed by atoms with Gasteiger partial charge in [0.05, 0.1) is 19.1 Å². The fourth-order valence-corrected chi connectivity index (χ4v) is 2.98. The smallest absolute Gasteiger partial charge is 0.222 e. The van der Waals surface area contributed by atoms with Gasteiger partial charge in [0, 0.05) is 19.6 Å². The molecule has 0 unspecified atom stereocenters. The summed E-state index contributed by atoms with van der Waals surface area (Å²) in [5.41, 5.74) is 0. The number of hydrogen-bond donors (Lipinski definition) is 1. The highest BCUT2D eigenvalue weighted by molar-refractivity contribution is 5.76. The second kappa shape index (κ2) is 6.56. The normalized spacial score (nSPS) is 22.8. The van der Waals surface area contributed by atoms with E-state index in [9.17, 15) is 4.79 Å². The quantitative estimate of drug-likeness (QED) is 0.896. The average molecular weight is 292 g/mol. The molecule has 0 radical (unpaired) electrons. The third kappa shape index (κ3) is 3.43. The predicted molar refractivity (Wildman–Crippen MR) is 77.6 cm³/mol. The zero-order chi connectivity index (χ0) is 14.7. The Morgan fingerprint density at radius 1 is 1.29 bits per heavy atom. The Morgan fingerprint density at radius 2 is 2.14 bits per heavy atom. The number of rotatable bonds is 5. The van der Waals surface area contributed by atoms with E-state index in [2.05, 4.69) is 15.5 Å². The molecule has 116 valence electrons. The fourth-order valence-electron chi connectivity index (χ4n) is 2.98. The highest BCUT2D eigenvalue weighted by Crippen LogP contribution is 2.35. The van der Waals surface area contributed by atoms with Gasteiger partial charge in [0.1, 0.15) is 5.82 Å². The SMILES string of the molecule is Cn1c(CNC(=O)C[C@H]2CCCCO2)nnc1C1CCC1. The Balaban J connectivity index is 1.48. The maximum atomic E-state index is 12.0. The second-order valence-corrected chi connectivity index (χ2v) is 6.13. The molecule has 1 saturated heterocycles. The molecule has 1 aliphatic heterocycles. The van der Waals surface area contributed by atoms with Gasteiger partial charge in [0.15, 0.2) is 5.82 Å². The van der Waals surface area contributed by atoms with E-state index in [1.165, 1.54) is 19.3 Å². The van der Waals surface area contributed by atoms with E-state index < -0.39 is 0 Å². The molecule has 1 aliphatic carbocycles. The summed E-state index contributed by atoms with van der Waals surface area (Å²) in [5, 5.41) is 11.4. The Morgan fingerprint density at radius 3 is 2.81 bits per heavy atom. The van der Waals surface area contributed by atoms with Crippen LogP contribution in [0.15, 0.2) is 0 Å². The van der Waals surface area contributed by atoms with Gasteiger partial charge in [-0.1, -0.05) is 6.42 Å². The first-order valence-electron chi connectivity index (χ1n) is 8.00. The Labute approximate surface area is 125 Å². The highest BCUT2D eigenvalue weighted by atomic mass is 16.5. The van der Waals surface area contributed by atoms with Gasteiger partial charge in [0.2, 0.25) is 5.91 Å². The molecular formula is C15H24N4O2. The Hall–Kier alpha value is -1.43. The van der Waals surface area contributed by atoms with E-state index >= 15 is 0 Å². The van der Waals surface area contributed by atoms with Crippen LogP contribution in [0, 0.1) is 0 Å². The first-order chi connectivity index (χ1) is 10.2. The number of carbonyl (C=O) groups excluding carboxylic acids is 1. The number of amides is 1. The lowest BCUT2D eigenvalue weighted by Gasteiger charge is -2.24. The van der Waals surface area contributed by atoms with Gasteiger partial charge in [-0.3, -0.25) is 4.79 Å². The van der Waals surface area contributed by atoms with Crippen molar-refractivity contribution in [2.24, 2.45) is 7.05 Å². The van der Waals surface area contributed by atoms with Crippen molar-refractivity contribution in [2.45, 2.75) is 63.5 Å². The van der Waals surface area contributed by atoms with Gasteiger partial charge < -0.3 is 14.6 Å². The van der Waals surface area contributed by atoms with Crippen LogP contribution < -0.4 is 5.32 Å². The molecule has 2 heterocycles. The standard InChI is InChI=1S/C15H24N4O2/c1-19-13(17-18-15(19)11-5-4-6-11)10-16-14(20)9-12-7-2-3-8-21-12/h11-12H,2-10H2,1H3,(H,16,20)/t12-/m1/s1. The van der Waals surface area contributed by atoms with E-state index in [-0.39, 0.29) is 12.0 Å². The number of carbonyl (C=O) groups is 1. The molecule has 2 aliphatic rings. The molecule has 0 bridgehead atoms. The summed E-state index contributed by atoms with van der Waals surface area (Å²) in [4.78, 5) is 12.0. The van der Waals surface area contributed by atoms with Gasteiger partial charge in [0.25, 0.3) is 0 Å². The fraction of sp³-hybridized carbons (Fsp3) is 0.800. The maximum absolute atomic E-state index is 12.0. The molecule has 2 fully saturated rings. The topological polar surface area (TPSA) is 69.0 Å². The first-order valence-corrected chi connectivity index (χ1v) is 8.00. The zero-order valence-electron chi connectivity index (χ0n) is 12.7. The third-order valence-electron chi connectivity index (χ3n) is 4.60. The number of aromatic nitrogens is 3. The molecule has 0 aromatic carbocycles. The third-order valence-corrected chi connectivity index (χ3v) is 4.60. The molecule has 1 saturated carbocycles. The lowest BCUT2D eigenvalue weighted by Crippen LogP contribution is -2.30. The average Bonchev–Trinajstić information content (AvgIpc) is 2.78. The van der Waals surface area contributed by atoms with E-state index in [0.717, 1.165) is 37.5 Å². The Bertz CT molecular complexity index is 490. The van der Waals surface area contributed by atoms with Gasteiger partial charge in [-0.25, -0.2) is 0 Å². The highest BCUT2D eigenvalue weighted by Gasteiger charge is 2.25. The number of nitrogens with one attached hydrogen (secondary N) is 1. The molecule has 0 spiro atoms. The molecule has 1 aromatic heterocycles. The van der Waals surface area contributed by atoms with E-state index in [1.807, 2.05) is 11.6 Å². The largest absolute Gasteiger partial charge is 0.378 e. The molecule has 21 heavy (non-hydrogen) atoms. The van der Waals surface area contributed by atoms with Crippen molar-refractivity contribution < 1.29 is 9.53 Å². The van der Waals surface area contributed by atoms with Crippen LogP contribution in [0.3, 0.4) is 0 Å². The van der Waals surface area contributed by atoms with Crippen LogP contribution in [-0.2, 0) is 23.1 Å². The summed E-state index contributed by atoms with van der Waals surface area (Å²) in [6.45, 7) is 1.23. The molecule has 1 amide bonds. The lowest BCUT2D eigenvalue weighted by atomic mass is 9.85. The predicted octanol–water partition coefficient (Wildman–Crippen LogP) is 1.66. The van der Waals surface area contributed by atoms with E-state index in [4.69, 9.17) is 4.74 Å². The minimum atomic E-state index is 0.0371. The van der Waals surface area contributed by atoms with Crippen LogP contribution in [0.5, 0.6) is 0 Å². The minimum absolute atomic E-state index is 0.0371. The van der Waals surface area contributed by atoms with Crippen LogP contribution >= 0.6 is 0 Å². The van der Waals surface area contributed by atoms with Crippen molar-refractivity contribution in [3.63, 3.8) is 0 Å². The molecule has 1 aromatic rings. The zero-order valence-corrected chi connectivity index (χ0v) is 12.7. The van der Waals surface area contributed by atoms with E-state index in [1.54, 1.807) is 0 Å². The summed E-state index contributed by atoms with van der Waals surface area (Å²) in [6.07, 6.45) is 7.49. The van der Waals surface area contributed by atoms with Crippen molar-refractivity contribution in [2.75, 3.05) is 6.61 Å². The van der Waals surface area contributed by atoms with Crippen molar-refractivity contribution in [1.82, 2.24) is 20.1 Å². The molecule has 3 rings (SSSR count). The molecule has 6 nitrogen and oxygen atoms in total. The van der Waals surface area contributed by atoms with Gasteiger partial charge >= 0.3 is 0 Å². The summed E-state index contributed by atoms with van der Waals surface area (Å²) in [6, 6.07) is 0. The molecular weight excluding hydrogens is 268 g/mol. The van der Waals surface area contributed by atoms with Crippen molar-refractivity contribution in [1.29, 1.82) is 0 Å². The summed E-state index contributed by atoms with van der Waals surface area (Å²) >= 11 is 0. The van der Waals surface area contributed by atoms with Crippen LogP contribution in [0.1, 0.15) is 62.5 Å². The van der Waals surface area contributed by atoms with Crippen LogP contribution in [0.4, 0.5) is 0 Å². The number of ether oxygens (including phenoxy) is 1. The second-order valence-electron chi connectivity index (χ2n) is 6.13.